The smallest absolute Gasteiger partial charge is 0.0263 e. The highest BCUT2D eigenvalue weighted by Crippen LogP contribution is 2.23. The van der Waals surface area contributed by atoms with Crippen LogP contribution in [0.15, 0.2) is 0 Å². The second-order valence-corrected chi connectivity index (χ2v) is 7.47. The van der Waals surface area contributed by atoms with Crippen LogP contribution in [0.5, 0.6) is 0 Å². The van der Waals surface area contributed by atoms with Crippen molar-refractivity contribution in [3.8, 4) is 0 Å². The molecule has 0 aromatic heterocycles. The summed E-state index contributed by atoms with van der Waals surface area (Å²) < 4.78 is 0. The van der Waals surface area contributed by atoms with Crippen molar-refractivity contribution in [1.29, 1.82) is 0 Å². The minimum Gasteiger partial charge on any atom is -0.313 e. The summed E-state index contributed by atoms with van der Waals surface area (Å²) in [7, 11) is 2.25. The van der Waals surface area contributed by atoms with Crippen molar-refractivity contribution in [1.82, 2.24) is 10.2 Å². The summed E-state index contributed by atoms with van der Waals surface area (Å²) in [6, 6.07) is 0.775. The van der Waals surface area contributed by atoms with Crippen LogP contribution in [0, 0.1) is 0 Å². The molecule has 2 unspecified atom stereocenters. The van der Waals surface area contributed by atoms with Gasteiger partial charge in [0.1, 0.15) is 0 Å². The molecule has 94 valence electrons. The van der Waals surface area contributed by atoms with Crippen molar-refractivity contribution in [2.45, 2.75) is 30.6 Å². The van der Waals surface area contributed by atoms with Crippen LogP contribution in [0.3, 0.4) is 0 Å². The van der Waals surface area contributed by atoms with Gasteiger partial charge >= 0.3 is 0 Å². The lowest BCUT2D eigenvalue weighted by Crippen LogP contribution is -2.37. The molecule has 0 aromatic rings. The van der Waals surface area contributed by atoms with Crippen LogP contribution < -0.4 is 5.32 Å². The Kier molecular flexibility index (Phi) is 5.83. The Balaban J connectivity index is 1.64. The minimum atomic E-state index is 0.775. The molecule has 2 atom stereocenters. The second-order valence-electron chi connectivity index (χ2n) is 4.91. The van der Waals surface area contributed by atoms with Crippen molar-refractivity contribution in [2.75, 3.05) is 43.9 Å². The normalized spacial score (nSPS) is 33.6. The van der Waals surface area contributed by atoms with E-state index < -0.39 is 0 Å². The number of hydrogen-bond acceptors (Lipinski definition) is 4. The lowest BCUT2D eigenvalue weighted by atomic mass is 10.1. The van der Waals surface area contributed by atoms with Crippen LogP contribution >= 0.6 is 23.5 Å². The zero-order valence-corrected chi connectivity index (χ0v) is 11.9. The lowest BCUT2D eigenvalue weighted by Gasteiger charge is -2.24. The molecule has 16 heavy (non-hydrogen) atoms. The average molecular weight is 260 g/mol. The van der Waals surface area contributed by atoms with Gasteiger partial charge in [-0.05, 0) is 39.4 Å². The Hall–Kier alpha value is 0.620. The largest absolute Gasteiger partial charge is 0.313 e. The molecule has 1 N–H and O–H groups in total. The maximum atomic E-state index is 3.79. The fraction of sp³-hybridized carbons (Fsp3) is 1.00. The first-order valence-corrected chi connectivity index (χ1v) is 8.66. The molecule has 2 nitrogen and oxygen atoms in total. The molecule has 0 spiro atoms. The highest BCUT2D eigenvalue weighted by Gasteiger charge is 2.18. The molecule has 2 rings (SSSR count). The molecule has 0 aliphatic carbocycles. The molecule has 0 bridgehead atoms. The van der Waals surface area contributed by atoms with Gasteiger partial charge in [-0.3, -0.25) is 0 Å². The second kappa shape index (κ2) is 7.14. The number of nitrogens with one attached hydrogen (secondary N) is 1. The predicted molar refractivity (Wildman–Crippen MR) is 76.7 cm³/mol. The van der Waals surface area contributed by atoms with E-state index >= 15 is 0 Å². The summed E-state index contributed by atoms with van der Waals surface area (Å²) in [4.78, 5) is 2.47. The summed E-state index contributed by atoms with van der Waals surface area (Å²) in [5.74, 6) is 4.06. The topological polar surface area (TPSA) is 15.3 Å². The van der Waals surface area contributed by atoms with Gasteiger partial charge < -0.3 is 10.2 Å². The zero-order chi connectivity index (χ0) is 11.2. The standard InChI is InChI=1S/C12H24N2S2/c1-14-5-2-3-11(4-6-14)13-9-12-10-15-7-8-16-12/h11-13H,2-10H2,1H3. The first kappa shape index (κ1) is 13.1. The van der Waals surface area contributed by atoms with Gasteiger partial charge in [0, 0.05) is 35.1 Å². The van der Waals surface area contributed by atoms with Crippen molar-refractivity contribution in [3.63, 3.8) is 0 Å². The van der Waals surface area contributed by atoms with Gasteiger partial charge in [-0.2, -0.15) is 23.5 Å². The lowest BCUT2D eigenvalue weighted by molar-refractivity contribution is 0.344. The van der Waals surface area contributed by atoms with Crippen LogP contribution in [0.4, 0.5) is 0 Å². The highest BCUT2D eigenvalue weighted by atomic mass is 32.2. The molecule has 0 saturated carbocycles. The summed E-state index contributed by atoms with van der Waals surface area (Å²) in [5, 5.41) is 4.65. The van der Waals surface area contributed by atoms with Gasteiger partial charge in [-0.25, -0.2) is 0 Å². The maximum absolute atomic E-state index is 3.79. The average Bonchev–Trinajstić information content (AvgIpc) is 2.53. The zero-order valence-electron chi connectivity index (χ0n) is 10.3. The van der Waals surface area contributed by atoms with E-state index in [1.54, 1.807) is 0 Å². The van der Waals surface area contributed by atoms with Crippen LogP contribution in [-0.4, -0.2) is 60.1 Å². The number of thioether (sulfide) groups is 2. The van der Waals surface area contributed by atoms with Gasteiger partial charge in [-0.15, -0.1) is 0 Å². The van der Waals surface area contributed by atoms with Crippen molar-refractivity contribution in [2.24, 2.45) is 0 Å². The van der Waals surface area contributed by atoms with E-state index in [4.69, 9.17) is 0 Å². The molecule has 2 saturated heterocycles. The molecule has 2 fully saturated rings. The molecule has 0 aromatic carbocycles. The SMILES string of the molecule is CN1CCCC(NCC2CSCCS2)CC1. The molecule has 4 heteroatoms. The summed E-state index contributed by atoms with van der Waals surface area (Å²) in [6.07, 6.45) is 4.07. The molecule has 0 radical (unpaired) electrons. The Bertz CT molecular complexity index is 195. The van der Waals surface area contributed by atoms with Gasteiger partial charge in [0.05, 0.1) is 0 Å². The number of nitrogens with zero attached hydrogens (tertiary/aromatic N) is 1. The van der Waals surface area contributed by atoms with E-state index in [0.717, 1.165) is 11.3 Å². The third-order valence-corrected chi connectivity index (χ3v) is 6.32. The van der Waals surface area contributed by atoms with E-state index in [2.05, 4.69) is 40.8 Å². The van der Waals surface area contributed by atoms with Crippen LogP contribution in [-0.2, 0) is 0 Å². The third-order valence-electron chi connectivity index (χ3n) is 3.47. The minimum absolute atomic E-state index is 0.775. The Morgan fingerprint density at radius 2 is 2.19 bits per heavy atom. The third kappa shape index (κ3) is 4.47. The van der Waals surface area contributed by atoms with E-state index in [-0.39, 0.29) is 0 Å². The van der Waals surface area contributed by atoms with Crippen LogP contribution in [0.1, 0.15) is 19.3 Å². The molecule has 2 aliphatic rings. The summed E-state index contributed by atoms with van der Waals surface area (Å²) in [5.41, 5.74) is 0. The van der Waals surface area contributed by atoms with Crippen molar-refractivity contribution >= 4 is 23.5 Å². The highest BCUT2D eigenvalue weighted by molar-refractivity contribution is 8.06. The molecular weight excluding hydrogens is 236 g/mol. The van der Waals surface area contributed by atoms with Gasteiger partial charge in [0.2, 0.25) is 0 Å². The van der Waals surface area contributed by atoms with Crippen molar-refractivity contribution < 1.29 is 0 Å². The predicted octanol–water partition coefficient (Wildman–Crippen LogP) is 1.91. The van der Waals surface area contributed by atoms with E-state index in [1.165, 1.54) is 56.2 Å². The molecule has 0 amide bonds. The number of hydrogen-bond donors (Lipinski definition) is 1. The quantitative estimate of drug-likeness (QED) is 0.833. The van der Waals surface area contributed by atoms with E-state index in [0.29, 0.717) is 0 Å². The van der Waals surface area contributed by atoms with E-state index in [1.807, 2.05) is 0 Å². The van der Waals surface area contributed by atoms with Crippen LogP contribution in [0.25, 0.3) is 0 Å². The molecule has 2 aliphatic heterocycles. The first-order chi connectivity index (χ1) is 7.84. The fourth-order valence-corrected chi connectivity index (χ4v) is 5.02. The summed E-state index contributed by atoms with van der Waals surface area (Å²) >= 11 is 4.29. The van der Waals surface area contributed by atoms with Crippen LogP contribution in [0.2, 0.25) is 0 Å². The Morgan fingerprint density at radius 3 is 3.00 bits per heavy atom. The van der Waals surface area contributed by atoms with Gasteiger partial charge in [0.25, 0.3) is 0 Å². The summed E-state index contributed by atoms with van der Waals surface area (Å²) in [6.45, 7) is 3.78. The number of likely N-dealkylation sites (tertiary alicyclic amines) is 1. The first-order valence-electron chi connectivity index (χ1n) is 6.46. The van der Waals surface area contributed by atoms with Gasteiger partial charge in [0.15, 0.2) is 0 Å². The van der Waals surface area contributed by atoms with Gasteiger partial charge in [-0.1, -0.05) is 0 Å². The molecule has 2 heterocycles. The maximum Gasteiger partial charge on any atom is 0.0263 e. The Labute approximate surface area is 108 Å². The number of rotatable bonds is 3. The Morgan fingerprint density at radius 1 is 1.25 bits per heavy atom. The van der Waals surface area contributed by atoms with Crippen molar-refractivity contribution in [3.05, 3.63) is 0 Å². The fourth-order valence-electron chi connectivity index (χ4n) is 2.40. The van der Waals surface area contributed by atoms with E-state index in [9.17, 15) is 0 Å². The molecular formula is C12H24N2S2. The monoisotopic (exact) mass is 260 g/mol.